The van der Waals surface area contributed by atoms with Gasteiger partial charge in [-0.15, -0.1) is 11.3 Å². The molecule has 3 rings (SSSR count). The van der Waals surface area contributed by atoms with Crippen LogP contribution < -0.4 is 0 Å². The molecule has 0 spiro atoms. The van der Waals surface area contributed by atoms with Crippen molar-refractivity contribution in [3.8, 4) is 0 Å². The summed E-state index contributed by atoms with van der Waals surface area (Å²) < 4.78 is 0.572. The third-order valence-electron chi connectivity index (χ3n) is 3.02. The Morgan fingerprint density at radius 3 is 2.81 bits per heavy atom. The second-order valence-electron chi connectivity index (χ2n) is 4.58. The molecule has 0 bridgehead atoms. The van der Waals surface area contributed by atoms with Gasteiger partial charge in [0.15, 0.2) is 0 Å². The van der Waals surface area contributed by atoms with Crippen LogP contribution in [0.1, 0.15) is 17.9 Å². The topological polar surface area (TPSA) is 79.2 Å². The number of aliphatic hydroxyl groups is 1. The molecule has 3 aromatic rings. The Labute approximate surface area is 128 Å². The first-order chi connectivity index (χ1) is 10.0. The number of hydrogen-bond donors (Lipinski definition) is 2. The Morgan fingerprint density at radius 2 is 2.14 bits per heavy atom. The zero-order valence-electron chi connectivity index (χ0n) is 11.1. The smallest absolute Gasteiger partial charge is 0.294 e. The predicted molar refractivity (Wildman–Crippen MR) is 84.0 cm³/mol. The second kappa shape index (κ2) is 5.51. The van der Waals surface area contributed by atoms with Crippen LogP contribution in [0.2, 0.25) is 0 Å². The molecule has 0 radical (unpaired) electrons. The number of aliphatic hydroxyl groups excluding tert-OH is 1. The highest BCUT2D eigenvalue weighted by Gasteiger charge is 2.22. The summed E-state index contributed by atoms with van der Waals surface area (Å²) in [6, 6.07) is 11.2. The summed E-state index contributed by atoms with van der Waals surface area (Å²) in [6.45, 7) is 1.60. The fraction of sp³-hybridized carbons (Fsp3) is 0.143. The Bertz CT molecular complexity index is 775. The van der Waals surface area contributed by atoms with Crippen LogP contribution in [0.5, 0.6) is 0 Å². The van der Waals surface area contributed by atoms with Gasteiger partial charge in [0, 0.05) is 21.8 Å². The molecule has 21 heavy (non-hydrogen) atoms. The number of aromatic nitrogens is 1. The number of nitrogens with zero attached hydrogens (tertiary/aromatic N) is 1. The Balaban J connectivity index is 1.98. The lowest BCUT2D eigenvalue weighted by Crippen LogP contribution is -1.87. The van der Waals surface area contributed by atoms with E-state index >= 15 is 0 Å². The third-order valence-corrected chi connectivity index (χ3v) is 5.44. The van der Waals surface area contributed by atoms with Crippen LogP contribution in [0.4, 0.5) is 5.69 Å². The van der Waals surface area contributed by atoms with E-state index in [9.17, 15) is 15.2 Å². The molecule has 108 valence electrons. The average molecular weight is 320 g/mol. The van der Waals surface area contributed by atoms with Crippen LogP contribution >= 0.6 is 23.1 Å². The lowest BCUT2D eigenvalue weighted by molar-refractivity contribution is -0.387. The number of H-pyrrole nitrogens is 1. The van der Waals surface area contributed by atoms with E-state index in [1.165, 1.54) is 29.2 Å². The van der Waals surface area contributed by atoms with Crippen molar-refractivity contribution in [2.75, 3.05) is 0 Å². The molecule has 0 unspecified atom stereocenters. The average Bonchev–Trinajstić information content (AvgIpc) is 3.02. The molecule has 2 aromatic heterocycles. The van der Waals surface area contributed by atoms with Gasteiger partial charge in [0.1, 0.15) is 4.21 Å². The largest absolute Gasteiger partial charge is 0.388 e. The molecule has 0 saturated heterocycles. The van der Waals surface area contributed by atoms with Gasteiger partial charge in [-0.2, -0.15) is 0 Å². The molecule has 0 aliphatic rings. The van der Waals surface area contributed by atoms with Crippen LogP contribution in [-0.2, 0) is 0 Å². The van der Waals surface area contributed by atoms with E-state index in [1.807, 2.05) is 30.3 Å². The summed E-state index contributed by atoms with van der Waals surface area (Å²) in [4.78, 5) is 14.5. The number of nitrogens with one attached hydrogen (secondary N) is 1. The zero-order valence-corrected chi connectivity index (χ0v) is 12.7. The predicted octanol–water partition coefficient (Wildman–Crippen LogP) is 4.34. The van der Waals surface area contributed by atoms with Gasteiger partial charge in [-0.25, -0.2) is 0 Å². The molecule has 0 aliphatic carbocycles. The standard InChI is InChI=1S/C14H12N2O3S2/c1-8(17)12-7-11(16(18)19)14(20-12)21-13-6-9-4-2-3-5-10(9)15-13/h2-8,15,17H,1H3/t8-/m1/s1. The van der Waals surface area contributed by atoms with Crippen molar-refractivity contribution in [1.82, 2.24) is 4.98 Å². The van der Waals surface area contributed by atoms with E-state index < -0.39 is 11.0 Å². The maximum Gasteiger partial charge on any atom is 0.294 e. The zero-order chi connectivity index (χ0) is 15.0. The van der Waals surface area contributed by atoms with E-state index in [1.54, 1.807) is 6.92 Å². The van der Waals surface area contributed by atoms with Gasteiger partial charge in [-0.1, -0.05) is 30.0 Å². The number of thiophene rings is 1. The van der Waals surface area contributed by atoms with Crippen molar-refractivity contribution in [2.45, 2.75) is 22.3 Å². The molecule has 0 saturated carbocycles. The van der Waals surface area contributed by atoms with Crippen molar-refractivity contribution in [2.24, 2.45) is 0 Å². The number of hydrogen-bond acceptors (Lipinski definition) is 5. The number of benzene rings is 1. The molecule has 0 aliphatic heterocycles. The van der Waals surface area contributed by atoms with Gasteiger partial charge in [0.2, 0.25) is 0 Å². The first-order valence-corrected chi connectivity index (χ1v) is 7.89. The highest BCUT2D eigenvalue weighted by molar-refractivity contribution is 8.01. The van der Waals surface area contributed by atoms with Gasteiger partial charge in [0.05, 0.1) is 16.1 Å². The SMILES string of the molecule is C[C@@H](O)c1cc([N+](=O)[O-])c(Sc2cc3ccccc3[nH]2)s1. The number of nitro groups is 1. The van der Waals surface area contributed by atoms with Crippen LogP contribution in [0, 0.1) is 10.1 Å². The Morgan fingerprint density at radius 1 is 1.38 bits per heavy atom. The van der Waals surface area contributed by atoms with Crippen LogP contribution in [0.25, 0.3) is 10.9 Å². The van der Waals surface area contributed by atoms with Crippen LogP contribution in [0.15, 0.2) is 45.6 Å². The molecule has 1 atom stereocenters. The van der Waals surface area contributed by atoms with Gasteiger partial charge in [0.25, 0.3) is 5.69 Å². The van der Waals surface area contributed by atoms with E-state index in [0.29, 0.717) is 9.09 Å². The van der Waals surface area contributed by atoms with Crippen molar-refractivity contribution < 1.29 is 10.0 Å². The van der Waals surface area contributed by atoms with Gasteiger partial charge in [-0.05, 0) is 19.1 Å². The number of fused-ring (bicyclic) bond motifs is 1. The monoisotopic (exact) mass is 320 g/mol. The molecular weight excluding hydrogens is 308 g/mol. The van der Waals surface area contributed by atoms with E-state index in [0.717, 1.165) is 15.9 Å². The quantitative estimate of drug-likeness (QED) is 0.553. The molecule has 7 heteroatoms. The Hall–Kier alpha value is -1.83. The minimum atomic E-state index is -0.703. The van der Waals surface area contributed by atoms with Crippen molar-refractivity contribution in [3.63, 3.8) is 0 Å². The van der Waals surface area contributed by atoms with Crippen molar-refractivity contribution >= 4 is 39.7 Å². The first kappa shape index (κ1) is 14.1. The molecule has 0 amide bonds. The van der Waals surface area contributed by atoms with Crippen molar-refractivity contribution in [1.29, 1.82) is 0 Å². The third kappa shape index (κ3) is 2.80. The van der Waals surface area contributed by atoms with Gasteiger partial charge in [-0.3, -0.25) is 10.1 Å². The molecule has 5 nitrogen and oxygen atoms in total. The maximum absolute atomic E-state index is 11.1. The summed E-state index contributed by atoms with van der Waals surface area (Å²) >= 11 is 2.57. The molecule has 2 heterocycles. The highest BCUT2D eigenvalue weighted by Crippen LogP contribution is 2.43. The minimum Gasteiger partial charge on any atom is -0.388 e. The number of aromatic amines is 1. The van der Waals surface area contributed by atoms with Crippen molar-refractivity contribution in [3.05, 3.63) is 51.4 Å². The highest BCUT2D eigenvalue weighted by atomic mass is 32.2. The summed E-state index contributed by atoms with van der Waals surface area (Å²) in [5.74, 6) is 0. The molecular formula is C14H12N2O3S2. The summed E-state index contributed by atoms with van der Waals surface area (Å²) in [5.41, 5.74) is 1.04. The number of rotatable bonds is 4. The van der Waals surface area contributed by atoms with Crippen LogP contribution in [-0.4, -0.2) is 15.0 Å². The Kier molecular flexibility index (Phi) is 3.71. The molecule has 0 fully saturated rings. The summed E-state index contributed by atoms with van der Waals surface area (Å²) in [5, 5.41) is 22.6. The number of para-hydroxylation sites is 1. The summed E-state index contributed by atoms with van der Waals surface area (Å²) in [6.07, 6.45) is -0.703. The lowest BCUT2D eigenvalue weighted by Gasteiger charge is -1.96. The maximum atomic E-state index is 11.1. The molecule has 1 aromatic carbocycles. The van der Waals surface area contributed by atoms with E-state index in [2.05, 4.69) is 4.98 Å². The summed E-state index contributed by atoms with van der Waals surface area (Å²) in [7, 11) is 0. The van der Waals surface area contributed by atoms with E-state index in [-0.39, 0.29) is 5.69 Å². The van der Waals surface area contributed by atoms with Gasteiger partial charge < -0.3 is 10.1 Å². The normalized spacial score (nSPS) is 12.7. The van der Waals surface area contributed by atoms with Gasteiger partial charge >= 0.3 is 0 Å². The minimum absolute atomic E-state index is 0.0413. The van der Waals surface area contributed by atoms with Crippen LogP contribution in [0.3, 0.4) is 0 Å². The second-order valence-corrected chi connectivity index (χ2v) is 6.97. The molecule has 2 N–H and O–H groups in total. The first-order valence-electron chi connectivity index (χ1n) is 6.26. The fourth-order valence-corrected chi connectivity index (χ4v) is 4.29. The lowest BCUT2D eigenvalue weighted by atomic mass is 10.3. The fourth-order valence-electron chi connectivity index (χ4n) is 1.99. The van der Waals surface area contributed by atoms with E-state index in [4.69, 9.17) is 0 Å².